The number of aliphatic hydroxyl groups excluding tert-OH is 1. The summed E-state index contributed by atoms with van der Waals surface area (Å²) in [5.41, 5.74) is 0.615. The highest BCUT2D eigenvalue weighted by Gasteiger charge is 2.10. The molecule has 98 valence electrons. The number of nitrogens with zero attached hydrogens (tertiary/aromatic N) is 2. The Labute approximate surface area is 105 Å². The topological polar surface area (TPSA) is 99.8 Å². The van der Waals surface area contributed by atoms with E-state index in [9.17, 15) is 15.2 Å². The zero-order chi connectivity index (χ0) is 13.5. The molecule has 0 bridgehead atoms. The maximum absolute atomic E-state index is 10.5. The molecule has 0 saturated heterocycles. The van der Waals surface area contributed by atoms with Crippen molar-refractivity contribution in [1.82, 2.24) is 10.6 Å². The fourth-order valence-corrected chi connectivity index (χ4v) is 1.41. The van der Waals surface area contributed by atoms with Gasteiger partial charge in [-0.1, -0.05) is 0 Å². The highest BCUT2D eigenvalue weighted by molar-refractivity contribution is 5.79. The van der Waals surface area contributed by atoms with E-state index in [0.717, 1.165) is 0 Å². The van der Waals surface area contributed by atoms with Gasteiger partial charge in [0.25, 0.3) is 5.69 Å². The number of aliphatic hydroxyl groups is 1. The summed E-state index contributed by atoms with van der Waals surface area (Å²) < 4.78 is 0. The monoisotopic (exact) mass is 252 g/mol. The van der Waals surface area contributed by atoms with Crippen LogP contribution in [0.5, 0.6) is 0 Å². The van der Waals surface area contributed by atoms with Crippen LogP contribution in [0.25, 0.3) is 0 Å². The Morgan fingerprint density at radius 2 is 2.11 bits per heavy atom. The Hall–Kier alpha value is -2.15. The molecule has 0 heterocycles. The van der Waals surface area contributed by atoms with E-state index >= 15 is 0 Å². The van der Waals surface area contributed by atoms with Gasteiger partial charge in [0.1, 0.15) is 0 Å². The van der Waals surface area contributed by atoms with Gasteiger partial charge in [-0.15, -0.1) is 0 Å². The summed E-state index contributed by atoms with van der Waals surface area (Å²) in [6, 6.07) is 5.80. The number of nitrogens with one attached hydrogen (secondary N) is 2. The minimum absolute atomic E-state index is 0.00458. The van der Waals surface area contributed by atoms with Crippen LogP contribution in [0.4, 0.5) is 5.69 Å². The van der Waals surface area contributed by atoms with Crippen molar-refractivity contribution in [2.45, 2.75) is 6.10 Å². The number of nitro groups is 1. The molecule has 18 heavy (non-hydrogen) atoms. The third kappa shape index (κ3) is 3.70. The molecule has 0 saturated carbocycles. The van der Waals surface area contributed by atoms with Crippen molar-refractivity contribution in [2.75, 3.05) is 20.6 Å². The van der Waals surface area contributed by atoms with Gasteiger partial charge in [0.05, 0.1) is 11.0 Å². The normalized spacial score (nSPS) is 12.9. The van der Waals surface area contributed by atoms with Crippen LogP contribution < -0.4 is 10.6 Å². The molecule has 7 heteroatoms. The molecular formula is C11H16N4O3. The fraction of sp³-hybridized carbons (Fsp3) is 0.364. The summed E-state index contributed by atoms with van der Waals surface area (Å²) in [6.07, 6.45) is -0.754. The average Bonchev–Trinajstić information content (AvgIpc) is 2.39. The second-order valence-corrected chi connectivity index (χ2v) is 3.57. The molecular weight excluding hydrogens is 236 g/mol. The number of nitro benzene ring substituents is 1. The van der Waals surface area contributed by atoms with Gasteiger partial charge in [0.15, 0.2) is 5.96 Å². The molecule has 3 N–H and O–H groups in total. The van der Waals surface area contributed by atoms with Crippen LogP contribution >= 0.6 is 0 Å². The number of non-ortho nitro benzene ring substituents is 1. The van der Waals surface area contributed by atoms with E-state index < -0.39 is 11.0 Å². The van der Waals surface area contributed by atoms with Crippen molar-refractivity contribution >= 4 is 11.6 Å². The SMILES string of the molecule is CN=C(NC)NC[C@H](O)c1ccc([N+](=O)[O-])cc1. The van der Waals surface area contributed by atoms with E-state index in [1.54, 1.807) is 14.1 Å². The van der Waals surface area contributed by atoms with E-state index in [1.165, 1.54) is 24.3 Å². The number of benzene rings is 1. The number of guanidine groups is 1. The fourth-order valence-electron chi connectivity index (χ4n) is 1.41. The van der Waals surface area contributed by atoms with E-state index in [1.807, 2.05) is 0 Å². The first-order valence-corrected chi connectivity index (χ1v) is 5.39. The van der Waals surface area contributed by atoms with Crippen LogP contribution in [-0.2, 0) is 0 Å². The summed E-state index contributed by atoms with van der Waals surface area (Å²) in [5.74, 6) is 0.566. The highest BCUT2D eigenvalue weighted by atomic mass is 16.6. The zero-order valence-electron chi connectivity index (χ0n) is 10.3. The summed E-state index contributed by atoms with van der Waals surface area (Å²) in [6.45, 7) is 0.269. The molecule has 0 aromatic heterocycles. The number of rotatable bonds is 4. The van der Waals surface area contributed by atoms with Gasteiger partial charge < -0.3 is 15.7 Å². The maximum atomic E-state index is 10.5. The van der Waals surface area contributed by atoms with Gasteiger partial charge in [-0.05, 0) is 17.7 Å². The summed E-state index contributed by atoms with van der Waals surface area (Å²) >= 11 is 0. The van der Waals surface area contributed by atoms with E-state index in [4.69, 9.17) is 0 Å². The first-order valence-electron chi connectivity index (χ1n) is 5.39. The molecule has 1 rings (SSSR count). The van der Waals surface area contributed by atoms with E-state index in [-0.39, 0.29) is 12.2 Å². The largest absolute Gasteiger partial charge is 0.387 e. The number of hydrogen-bond donors (Lipinski definition) is 3. The quantitative estimate of drug-likeness (QED) is 0.312. The Morgan fingerprint density at radius 3 is 2.56 bits per heavy atom. The lowest BCUT2D eigenvalue weighted by molar-refractivity contribution is -0.384. The molecule has 0 radical (unpaired) electrons. The van der Waals surface area contributed by atoms with Crippen LogP contribution in [0.1, 0.15) is 11.7 Å². The summed E-state index contributed by atoms with van der Waals surface area (Å²) in [5, 5.41) is 26.1. The van der Waals surface area contributed by atoms with Gasteiger partial charge in [0.2, 0.25) is 0 Å². The van der Waals surface area contributed by atoms with Crippen LogP contribution in [-0.4, -0.2) is 36.6 Å². The van der Waals surface area contributed by atoms with Crippen LogP contribution in [0.2, 0.25) is 0 Å². The van der Waals surface area contributed by atoms with Gasteiger partial charge >= 0.3 is 0 Å². The van der Waals surface area contributed by atoms with Crippen LogP contribution in [0.3, 0.4) is 0 Å². The molecule has 7 nitrogen and oxygen atoms in total. The van der Waals surface area contributed by atoms with E-state index in [2.05, 4.69) is 15.6 Å². The minimum Gasteiger partial charge on any atom is -0.387 e. The standard InChI is InChI=1S/C11H16N4O3/c1-12-11(13-2)14-7-10(16)8-3-5-9(6-4-8)15(17)18/h3-6,10,16H,7H2,1-2H3,(H2,12,13,14)/t10-/m0/s1. The van der Waals surface area contributed by atoms with Crippen molar-refractivity contribution in [3.63, 3.8) is 0 Å². The van der Waals surface area contributed by atoms with Crippen molar-refractivity contribution in [2.24, 2.45) is 4.99 Å². The van der Waals surface area contributed by atoms with Gasteiger partial charge in [-0.2, -0.15) is 0 Å². The summed E-state index contributed by atoms with van der Waals surface area (Å²) in [7, 11) is 3.34. The van der Waals surface area contributed by atoms with Crippen molar-refractivity contribution in [3.05, 3.63) is 39.9 Å². The smallest absolute Gasteiger partial charge is 0.269 e. The predicted octanol–water partition coefficient (Wildman–Crippen LogP) is 0.423. The Bertz CT molecular complexity index is 430. The first-order chi connectivity index (χ1) is 8.58. The lowest BCUT2D eigenvalue weighted by Gasteiger charge is -2.13. The van der Waals surface area contributed by atoms with Crippen LogP contribution in [0.15, 0.2) is 29.3 Å². The third-order valence-corrected chi connectivity index (χ3v) is 2.41. The molecule has 0 amide bonds. The molecule has 0 fully saturated rings. The van der Waals surface area contributed by atoms with Crippen molar-refractivity contribution < 1.29 is 10.0 Å². The average molecular weight is 252 g/mol. The minimum atomic E-state index is -0.754. The van der Waals surface area contributed by atoms with Gasteiger partial charge in [-0.3, -0.25) is 15.1 Å². The first kappa shape index (κ1) is 13.9. The third-order valence-electron chi connectivity index (χ3n) is 2.41. The second kappa shape index (κ2) is 6.55. The van der Waals surface area contributed by atoms with Crippen LogP contribution in [0, 0.1) is 10.1 Å². The molecule has 1 atom stereocenters. The zero-order valence-corrected chi connectivity index (χ0v) is 10.3. The molecule has 1 aromatic carbocycles. The molecule has 0 aliphatic heterocycles. The van der Waals surface area contributed by atoms with Crippen molar-refractivity contribution in [3.8, 4) is 0 Å². The number of aliphatic imine (C=N–C) groups is 1. The van der Waals surface area contributed by atoms with Gasteiger partial charge in [0, 0.05) is 32.8 Å². The summed E-state index contributed by atoms with van der Waals surface area (Å²) in [4.78, 5) is 13.9. The van der Waals surface area contributed by atoms with E-state index in [0.29, 0.717) is 11.5 Å². The molecule has 0 aliphatic rings. The van der Waals surface area contributed by atoms with Crippen molar-refractivity contribution in [1.29, 1.82) is 0 Å². The molecule has 1 aromatic rings. The second-order valence-electron chi connectivity index (χ2n) is 3.57. The maximum Gasteiger partial charge on any atom is 0.269 e. The highest BCUT2D eigenvalue weighted by Crippen LogP contribution is 2.17. The van der Waals surface area contributed by atoms with Gasteiger partial charge in [-0.25, -0.2) is 0 Å². The Morgan fingerprint density at radius 1 is 1.50 bits per heavy atom. The molecule has 0 spiro atoms. The Kier molecular flexibility index (Phi) is 5.06. The number of hydrogen-bond acceptors (Lipinski definition) is 4. The lowest BCUT2D eigenvalue weighted by atomic mass is 10.1. The Balaban J connectivity index is 2.61. The molecule has 0 unspecified atom stereocenters. The lowest BCUT2D eigenvalue weighted by Crippen LogP contribution is -2.37. The predicted molar refractivity (Wildman–Crippen MR) is 68.5 cm³/mol. The molecule has 0 aliphatic carbocycles.